The lowest BCUT2D eigenvalue weighted by atomic mass is 10.2. The summed E-state index contributed by atoms with van der Waals surface area (Å²) in [5.41, 5.74) is 3.57. The molecule has 134 valence electrons. The molecule has 2 aromatic rings. The van der Waals surface area contributed by atoms with Gasteiger partial charge in [-0.2, -0.15) is 9.49 Å². The Morgan fingerprint density at radius 3 is 2.88 bits per heavy atom. The van der Waals surface area contributed by atoms with Gasteiger partial charge >= 0.3 is 5.97 Å². The Hall–Kier alpha value is -2.55. The van der Waals surface area contributed by atoms with Crippen LogP contribution in [0.4, 0.5) is 13.9 Å². The van der Waals surface area contributed by atoms with Crippen LogP contribution in [0.25, 0.3) is 0 Å². The van der Waals surface area contributed by atoms with E-state index in [1.165, 1.54) is 23.6 Å². The second kappa shape index (κ2) is 9.07. The first-order chi connectivity index (χ1) is 12.0. The highest BCUT2D eigenvalue weighted by Crippen LogP contribution is 2.22. The molecule has 0 saturated heterocycles. The van der Waals surface area contributed by atoms with Crippen molar-refractivity contribution in [1.29, 1.82) is 0 Å². The molecule has 6 nitrogen and oxygen atoms in total. The zero-order chi connectivity index (χ0) is 18.2. The van der Waals surface area contributed by atoms with Crippen molar-refractivity contribution in [3.05, 3.63) is 40.4 Å². The molecule has 0 unspecified atom stereocenters. The molecule has 0 radical (unpaired) electrons. The molecule has 0 fully saturated rings. The van der Waals surface area contributed by atoms with Crippen LogP contribution in [0, 0.1) is 11.6 Å². The summed E-state index contributed by atoms with van der Waals surface area (Å²) in [5, 5.41) is 6.09. The number of anilines is 1. The Bertz CT molecular complexity index is 765. The van der Waals surface area contributed by atoms with E-state index in [4.69, 9.17) is 9.47 Å². The number of carbonyl (C=O) groups is 1. The average Bonchev–Trinajstić information content (AvgIpc) is 2.99. The van der Waals surface area contributed by atoms with Gasteiger partial charge in [0.05, 0.1) is 31.5 Å². The predicted octanol–water partition coefficient (Wildman–Crippen LogP) is 3.37. The highest BCUT2D eigenvalue weighted by atomic mass is 32.1. The number of nitrogens with zero attached hydrogens (tertiary/aromatic N) is 2. The van der Waals surface area contributed by atoms with Gasteiger partial charge in [0.1, 0.15) is 0 Å². The van der Waals surface area contributed by atoms with Gasteiger partial charge in [-0.15, -0.1) is 11.3 Å². The molecule has 2 rings (SSSR count). The van der Waals surface area contributed by atoms with Crippen LogP contribution in [0.15, 0.2) is 22.6 Å². The van der Waals surface area contributed by atoms with Crippen LogP contribution in [0.3, 0.4) is 0 Å². The molecule has 0 aliphatic heterocycles. The smallest absolute Gasteiger partial charge is 0.311 e. The molecular formula is C16H17F2N3O3S. The van der Waals surface area contributed by atoms with Crippen molar-refractivity contribution in [2.45, 2.75) is 20.3 Å². The second-order valence-electron chi connectivity index (χ2n) is 4.74. The normalized spacial score (nSPS) is 10.9. The quantitative estimate of drug-likeness (QED) is 0.439. The fourth-order valence-electron chi connectivity index (χ4n) is 1.88. The van der Waals surface area contributed by atoms with Gasteiger partial charge in [-0.05, 0) is 26.0 Å². The number of hydrogen-bond donors (Lipinski definition) is 1. The first-order valence-electron chi connectivity index (χ1n) is 7.54. The Balaban J connectivity index is 1.99. The van der Waals surface area contributed by atoms with Crippen molar-refractivity contribution >= 4 is 28.7 Å². The van der Waals surface area contributed by atoms with E-state index in [9.17, 15) is 13.6 Å². The van der Waals surface area contributed by atoms with Crippen LogP contribution in [0.1, 0.15) is 25.1 Å². The number of rotatable bonds is 8. The van der Waals surface area contributed by atoms with E-state index in [0.29, 0.717) is 23.0 Å². The van der Waals surface area contributed by atoms with Crippen molar-refractivity contribution in [1.82, 2.24) is 4.98 Å². The summed E-state index contributed by atoms with van der Waals surface area (Å²) in [5.74, 6) is -2.57. The number of carbonyl (C=O) groups excluding carboxylic acids is 1. The van der Waals surface area contributed by atoms with Crippen LogP contribution < -0.4 is 10.2 Å². The molecule has 0 amide bonds. The number of nitrogens with one attached hydrogen (secondary N) is 1. The highest BCUT2D eigenvalue weighted by Gasteiger charge is 2.11. The largest absolute Gasteiger partial charge is 0.491 e. The Morgan fingerprint density at radius 1 is 1.36 bits per heavy atom. The maximum absolute atomic E-state index is 13.5. The van der Waals surface area contributed by atoms with Crippen LogP contribution in [-0.2, 0) is 16.0 Å². The van der Waals surface area contributed by atoms with Crippen molar-refractivity contribution in [3.63, 3.8) is 0 Å². The van der Waals surface area contributed by atoms with Gasteiger partial charge in [0.25, 0.3) is 0 Å². The van der Waals surface area contributed by atoms with Crippen LogP contribution in [0.2, 0.25) is 0 Å². The number of esters is 1. The molecule has 1 aromatic heterocycles. The molecule has 9 heteroatoms. The van der Waals surface area contributed by atoms with E-state index in [1.807, 2.05) is 0 Å². The van der Waals surface area contributed by atoms with Gasteiger partial charge in [0.15, 0.2) is 11.6 Å². The topological polar surface area (TPSA) is 72.8 Å². The summed E-state index contributed by atoms with van der Waals surface area (Å²) >= 11 is 1.26. The number of hydrogen-bond acceptors (Lipinski definition) is 7. The standard InChI is InChI=1S/C16H17F2N3O3S/c1-3-23-13-6-10(5-12(17)15(13)18)8-19-21-16-20-11(9-25-16)7-14(22)24-4-2/h5-6,8-9H,3-4,7H2,1-2H3,(H,20,21). The summed E-state index contributed by atoms with van der Waals surface area (Å²) in [4.78, 5) is 15.6. The fourth-order valence-corrected chi connectivity index (χ4v) is 2.54. The molecular weight excluding hydrogens is 352 g/mol. The Labute approximate surface area is 147 Å². The molecule has 0 bridgehead atoms. The molecule has 0 spiro atoms. The summed E-state index contributed by atoms with van der Waals surface area (Å²) in [6, 6.07) is 2.36. The fraction of sp³-hybridized carbons (Fsp3) is 0.312. The molecule has 0 aliphatic rings. The summed E-state index contributed by atoms with van der Waals surface area (Å²) in [7, 11) is 0. The van der Waals surface area contributed by atoms with Gasteiger partial charge in [0, 0.05) is 10.9 Å². The van der Waals surface area contributed by atoms with E-state index < -0.39 is 11.6 Å². The number of ether oxygens (including phenoxy) is 2. The SMILES string of the molecule is CCOC(=O)Cc1csc(NN=Cc2cc(F)c(F)c(OCC)c2)n1. The number of thiazole rings is 1. The Morgan fingerprint density at radius 2 is 2.16 bits per heavy atom. The zero-order valence-corrected chi connectivity index (χ0v) is 14.5. The average molecular weight is 369 g/mol. The summed E-state index contributed by atoms with van der Waals surface area (Å²) in [6.45, 7) is 3.94. The number of hydrazone groups is 1. The lowest BCUT2D eigenvalue weighted by Crippen LogP contribution is -2.07. The molecule has 0 saturated carbocycles. The zero-order valence-electron chi connectivity index (χ0n) is 13.7. The molecule has 0 aliphatic carbocycles. The van der Waals surface area contributed by atoms with Crippen LogP contribution in [-0.4, -0.2) is 30.4 Å². The van der Waals surface area contributed by atoms with E-state index in [2.05, 4.69) is 15.5 Å². The number of aromatic nitrogens is 1. The van der Waals surface area contributed by atoms with E-state index in [0.717, 1.165) is 6.07 Å². The molecule has 1 aromatic carbocycles. The van der Waals surface area contributed by atoms with E-state index in [1.54, 1.807) is 19.2 Å². The predicted molar refractivity (Wildman–Crippen MR) is 91.2 cm³/mol. The van der Waals surface area contributed by atoms with Crippen molar-refractivity contribution in [3.8, 4) is 5.75 Å². The Kier molecular flexibility index (Phi) is 6.81. The summed E-state index contributed by atoms with van der Waals surface area (Å²) in [6.07, 6.45) is 1.40. The lowest BCUT2D eigenvalue weighted by molar-refractivity contribution is -0.142. The third kappa shape index (κ3) is 5.49. The molecule has 0 atom stereocenters. The van der Waals surface area contributed by atoms with Crippen LogP contribution >= 0.6 is 11.3 Å². The van der Waals surface area contributed by atoms with E-state index in [-0.39, 0.29) is 24.7 Å². The maximum Gasteiger partial charge on any atom is 0.311 e. The molecule has 25 heavy (non-hydrogen) atoms. The van der Waals surface area contributed by atoms with Crippen LogP contribution in [0.5, 0.6) is 5.75 Å². The van der Waals surface area contributed by atoms with Gasteiger partial charge in [0.2, 0.25) is 10.9 Å². The van der Waals surface area contributed by atoms with Gasteiger partial charge in [-0.3, -0.25) is 10.2 Å². The minimum atomic E-state index is -1.03. The van der Waals surface area contributed by atoms with Gasteiger partial charge in [-0.25, -0.2) is 9.37 Å². The lowest BCUT2D eigenvalue weighted by Gasteiger charge is -2.06. The third-order valence-electron chi connectivity index (χ3n) is 2.87. The summed E-state index contributed by atoms with van der Waals surface area (Å²) < 4.78 is 36.9. The van der Waals surface area contributed by atoms with Crippen molar-refractivity contribution in [2.75, 3.05) is 18.6 Å². The molecule has 1 heterocycles. The highest BCUT2D eigenvalue weighted by molar-refractivity contribution is 7.13. The minimum absolute atomic E-state index is 0.0800. The maximum atomic E-state index is 13.5. The first kappa shape index (κ1) is 18.8. The number of benzene rings is 1. The van der Waals surface area contributed by atoms with Crippen molar-refractivity contribution < 1.29 is 23.0 Å². The minimum Gasteiger partial charge on any atom is -0.491 e. The third-order valence-corrected chi connectivity index (χ3v) is 3.67. The molecule has 1 N–H and O–H groups in total. The first-order valence-corrected chi connectivity index (χ1v) is 8.42. The van der Waals surface area contributed by atoms with E-state index >= 15 is 0 Å². The monoisotopic (exact) mass is 369 g/mol. The van der Waals surface area contributed by atoms with Crippen molar-refractivity contribution in [2.24, 2.45) is 5.10 Å². The van der Waals surface area contributed by atoms with Gasteiger partial charge < -0.3 is 9.47 Å². The number of halogens is 2. The second-order valence-corrected chi connectivity index (χ2v) is 5.60. The van der Waals surface area contributed by atoms with Gasteiger partial charge in [-0.1, -0.05) is 0 Å².